The highest BCUT2D eigenvalue weighted by atomic mass is 32.1. The zero-order chi connectivity index (χ0) is 13.9. The largest absolute Gasteiger partial charge is 0.471 e. The minimum absolute atomic E-state index is 0.186. The third kappa shape index (κ3) is 3.31. The molecule has 0 bridgehead atoms. The average molecular weight is 286 g/mol. The molecule has 0 aliphatic carbocycles. The number of aromatic nitrogens is 1. The van der Waals surface area contributed by atoms with E-state index in [0.717, 1.165) is 5.56 Å². The predicted octanol–water partition coefficient (Wildman–Crippen LogP) is 2.99. The van der Waals surface area contributed by atoms with Crippen LogP contribution in [0.2, 0.25) is 0 Å². The molecule has 0 unspecified atom stereocenters. The van der Waals surface area contributed by atoms with Crippen molar-refractivity contribution in [2.24, 2.45) is 0 Å². The maximum absolute atomic E-state index is 12.1. The van der Waals surface area contributed by atoms with Gasteiger partial charge in [0.05, 0.1) is 0 Å². The molecule has 0 spiro atoms. The Balaban J connectivity index is 2.16. The molecule has 1 amide bonds. The molecule has 1 heterocycles. The summed E-state index contributed by atoms with van der Waals surface area (Å²) in [5, 5.41) is 4.34. The van der Waals surface area contributed by atoms with Gasteiger partial charge in [-0.2, -0.15) is 13.2 Å². The number of amides is 1. The van der Waals surface area contributed by atoms with Gasteiger partial charge in [0.25, 0.3) is 0 Å². The van der Waals surface area contributed by atoms with E-state index in [9.17, 15) is 18.0 Å². The zero-order valence-electron chi connectivity index (χ0n) is 9.57. The molecule has 0 aliphatic rings. The van der Waals surface area contributed by atoms with Gasteiger partial charge in [0.2, 0.25) is 0 Å². The molecule has 19 heavy (non-hydrogen) atoms. The van der Waals surface area contributed by atoms with Gasteiger partial charge in [-0.3, -0.25) is 4.79 Å². The third-order valence-corrected chi connectivity index (χ3v) is 3.18. The molecule has 1 aromatic heterocycles. The van der Waals surface area contributed by atoms with Crippen molar-refractivity contribution in [2.45, 2.75) is 12.7 Å². The van der Waals surface area contributed by atoms with Gasteiger partial charge in [-0.15, -0.1) is 11.3 Å². The van der Waals surface area contributed by atoms with Crippen LogP contribution in [0.15, 0.2) is 35.8 Å². The zero-order valence-corrected chi connectivity index (χ0v) is 10.4. The van der Waals surface area contributed by atoms with E-state index in [1.54, 1.807) is 35.8 Å². The number of carbonyl (C=O) groups excluding carboxylic acids is 1. The fourth-order valence-electron chi connectivity index (χ4n) is 1.52. The van der Waals surface area contributed by atoms with Crippen LogP contribution in [-0.4, -0.2) is 17.1 Å². The Labute approximate surface area is 111 Å². The van der Waals surface area contributed by atoms with Gasteiger partial charge < -0.3 is 5.32 Å². The number of halogens is 3. The average Bonchev–Trinajstić information content (AvgIpc) is 2.88. The first-order valence-electron chi connectivity index (χ1n) is 5.31. The van der Waals surface area contributed by atoms with E-state index in [1.165, 1.54) is 11.3 Å². The topological polar surface area (TPSA) is 42.0 Å². The Bertz CT molecular complexity index is 567. The number of hydrogen-bond donors (Lipinski definition) is 1. The number of carbonyl (C=O) groups is 1. The maximum atomic E-state index is 12.1. The summed E-state index contributed by atoms with van der Waals surface area (Å²) >= 11 is 1.38. The van der Waals surface area contributed by atoms with E-state index in [0.29, 0.717) is 10.6 Å². The van der Waals surface area contributed by atoms with Crippen molar-refractivity contribution in [3.8, 4) is 10.6 Å². The molecule has 100 valence electrons. The Morgan fingerprint density at radius 1 is 1.32 bits per heavy atom. The number of alkyl halides is 3. The van der Waals surface area contributed by atoms with E-state index in [4.69, 9.17) is 0 Å². The lowest BCUT2D eigenvalue weighted by molar-refractivity contribution is -0.173. The van der Waals surface area contributed by atoms with Gasteiger partial charge >= 0.3 is 12.1 Å². The molecule has 7 heteroatoms. The van der Waals surface area contributed by atoms with Crippen LogP contribution in [0.25, 0.3) is 10.6 Å². The lowest BCUT2D eigenvalue weighted by Crippen LogP contribution is -2.36. The second-order valence-corrected chi connectivity index (χ2v) is 4.57. The monoisotopic (exact) mass is 286 g/mol. The summed E-state index contributed by atoms with van der Waals surface area (Å²) < 4.78 is 36.3. The Hall–Kier alpha value is -1.89. The molecule has 2 aromatic rings. The van der Waals surface area contributed by atoms with Gasteiger partial charge in [0.1, 0.15) is 5.01 Å². The van der Waals surface area contributed by atoms with Crippen molar-refractivity contribution in [1.82, 2.24) is 10.3 Å². The molecule has 1 N–H and O–H groups in total. The van der Waals surface area contributed by atoms with Crippen molar-refractivity contribution in [3.05, 3.63) is 41.4 Å². The highest BCUT2D eigenvalue weighted by Crippen LogP contribution is 2.25. The van der Waals surface area contributed by atoms with Crippen molar-refractivity contribution >= 4 is 17.2 Å². The van der Waals surface area contributed by atoms with Gasteiger partial charge in [-0.05, 0) is 5.56 Å². The molecular weight excluding hydrogens is 277 g/mol. The summed E-state index contributed by atoms with van der Waals surface area (Å²) in [7, 11) is 0. The molecule has 3 nitrogen and oxygen atoms in total. The van der Waals surface area contributed by atoms with Gasteiger partial charge in [-0.25, -0.2) is 4.98 Å². The van der Waals surface area contributed by atoms with Crippen LogP contribution in [0.3, 0.4) is 0 Å². The lowest BCUT2D eigenvalue weighted by Gasteiger charge is -2.10. The highest BCUT2D eigenvalue weighted by molar-refractivity contribution is 7.13. The quantitative estimate of drug-likeness (QED) is 0.942. The normalized spacial score (nSPS) is 11.3. The van der Waals surface area contributed by atoms with Crippen LogP contribution in [0, 0.1) is 0 Å². The fourth-order valence-corrected chi connectivity index (χ4v) is 2.21. The van der Waals surface area contributed by atoms with Gasteiger partial charge in [0.15, 0.2) is 0 Å². The molecule has 0 fully saturated rings. The third-order valence-electron chi connectivity index (χ3n) is 2.38. The Morgan fingerprint density at radius 2 is 2.05 bits per heavy atom. The lowest BCUT2D eigenvalue weighted by atomic mass is 10.1. The van der Waals surface area contributed by atoms with Crippen LogP contribution in [0.5, 0.6) is 0 Å². The molecule has 0 saturated heterocycles. The smallest absolute Gasteiger partial charge is 0.344 e. The van der Waals surface area contributed by atoms with E-state index >= 15 is 0 Å². The van der Waals surface area contributed by atoms with Crippen LogP contribution in [0.4, 0.5) is 13.2 Å². The molecular formula is C12H9F3N2OS. The molecule has 2 rings (SSSR count). The summed E-state index contributed by atoms with van der Waals surface area (Å²) in [5.74, 6) is -1.94. The number of rotatable bonds is 3. The minimum atomic E-state index is -4.86. The number of thiazole rings is 1. The first-order chi connectivity index (χ1) is 8.98. The Kier molecular flexibility index (Phi) is 3.84. The van der Waals surface area contributed by atoms with E-state index < -0.39 is 12.1 Å². The molecule has 0 saturated carbocycles. The molecule has 0 radical (unpaired) electrons. The minimum Gasteiger partial charge on any atom is -0.344 e. The van der Waals surface area contributed by atoms with Crippen molar-refractivity contribution in [3.63, 3.8) is 0 Å². The van der Waals surface area contributed by atoms with Crippen molar-refractivity contribution < 1.29 is 18.0 Å². The van der Waals surface area contributed by atoms with Crippen LogP contribution in [-0.2, 0) is 11.3 Å². The summed E-state index contributed by atoms with van der Waals surface area (Å²) in [6.07, 6.45) is -3.25. The van der Waals surface area contributed by atoms with Gasteiger partial charge in [0, 0.05) is 23.7 Å². The summed E-state index contributed by atoms with van der Waals surface area (Å²) in [4.78, 5) is 14.9. The first-order valence-corrected chi connectivity index (χ1v) is 6.19. The van der Waals surface area contributed by atoms with Crippen LogP contribution in [0.1, 0.15) is 5.56 Å². The van der Waals surface area contributed by atoms with E-state index in [1.807, 2.05) is 5.32 Å². The second kappa shape index (κ2) is 5.40. The molecule has 0 aliphatic heterocycles. The molecule has 1 aromatic carbocycles. The highest BCUT2D eigenvalue weighted by Gasteiger charge is 2.38. The maximum Gasteiger partial charge on any atom is 0.471 e. The fraction of sp³-hybridized carbons (Fsp3) is 0.167. The number of nitrogens with zero attached hydrogens (tertiary/aromatic N) is 1. The number of nitrogens with one attached hydrogen (secondary N) is 1. The first kappa shape index (κ1) is 13.5. The summed E-state index contributed by atoms with van der Waals surface area (Å²) in [5.41, 5.74) is 1.31. The summed E-state index contributed by atoms with van der Waals surface area (Å²) in [6, 6.07) is 6.89. The van der Waals surface area contributed by atoms with Crippen LogP contribution >= 0.6 is 11.3 Å². The van der Waals surface area contributed by atoms with Crippen molar-refractivity contribution in [2.75, 3.05) is 0 Å². The van der Waals surface area contributed by atoms with Gasteiger partial charge in [-0.1, -0.05) is 24.3 Å². The van der Waals surface area contributed by atoms with Crippen molar-refractivity contribution in [1.29, 1.82) is 0 Å². The number of hydrogen-bond acceptors (Lipinski definition) is 3. The summed E-state index contributed by atoms with van der Waals surface area (Å²) in [6.45, 7) is -0.186. The molecule has 0 atom stereocenters. The second-order valence-electron chi connectivity index (χ2n) is 3.67. The van der Waals surface area contributed by atoms with E-state index in [-0.39, 0.29) is 6.54 Å². The SMILES string of the molecule is O=C(NCc1ccccc1-c1nccs1)C(F)(F)F. The van der Waals surface area contributed by atoms with Crippen LogP contribution < -0.4 is 5.32 Å². The standard InChI is InChI=1S/C12H9F3N2OS/c13-12(14,15)11(18)17-7-8-3-1-2-4-9(8)10-16-5-6-19-10/h1-6H,7H2,(H,17,18). The predicted molar refractivity (Wildman–Crippen MR) is 65.5 cm³/mol. The van der Waals surface area contributed by atoms with E-state index in [2.05, 4.69) is 4.98 Å². The number of benzene rings is 1. The Morgan fingerprint density at radius 3 is 2.68 bits per heavy atom.